The lowest BCUT2D eigenvalue weighted by Gasteiger charge is -2.39. The number of methoxy groups -OCH3 is 3. The van der Waals surface area contributed by atoms with Gasteiger partial charge in [-0.15, -0.1) is 0 Å². The van der Waals surface area contributed by atoms with Gasteiger partial charge in [0.25, 0.3) is 20.3 Å². The summed E-state index contributed by atoms with van der Waals surface area (Å²) in [5.41, 5.74) is 2.39. The van der Waals surface area contributed by atoms with E-state index in [1.807, 2.05) is 91.0 Å². The number of fused-ring (bicyclic) bond motifs is 1. The Morgan fingerprint density at radius 2 is 1.27 bits per heavy atom. The van der Waals surface area contributed by atoms with E-state index in [1.54, 1.807) is 74.4 Å². The summed E-state index contributed by atoms with van der Waals surface area (Å²) in [4.78, 5) is 41.5. The number of aromatic nitrogens is 4. The lowest BCUT2D eigenvalue weighted by atomic mass is 9.80. The Balaban J connectivity index is 1.26. The molecular weight excluding hydrogens is 948 g/mol. The van der Waals surface area contributed by atoms with E-state index in [0.29, 0.717) is 22.6 Å². The van der Waals surface area contributed by atoms with Gasteiger partial charge in [0.05, 0.1) is 46.3 Å². The van der Waals surface area contributed by atoms with Gasteiger partial charge in [0.1, 0.15) is 35.4 Å². The fourth-order valence-corrected chi connectivity index (χ4v) is 10.7. The molecule has 1 aliphatic heterocycles. The lowest BCUT2D eigenvalue weighted by molar-refractivity contribution is -0.0938. The van der Waals surface area contributed by atoms with Crippen molar-refractivity contribution in [2.75, 3.05) is 45.2 Å². The molecule has 5 aromatic carbocycles. The van der Waals surface area contributed by atoms with Crippen LogP contribution in [0.4, 0.5) is 11.8 Å². The molecule has 2 aromatic heterocycles. The minimum Gasteiger partial charge on any atom is -0.497 e. The van der Waals surface area contributed by atoms with E-state index in [4.69, 9.17) is 42.7 Å². The first-order chi connectivity index (χ1) is 35.5. The van der Waals surface area contributed by atoms with Crippen LogP contribution in [0, 0.1) is 11.3 Å². The van der Waals surface area contributed by atoms with Gasteiger partial charge in [-0.2, -0.15) is 15.2 Å². The highest BCUT2D eigenvalue weighted by Gasteiger charge is 2.51. The van der Waals surface area contributed by atoms with Gasteiger partial charge in [-0.05, 0) is 92.9 Å². The maximum absolute atomic E-state index is 13.7. The van der Waals surface area contributed by atoms with Crippen LogP contribution >= 0.6 is 8.53 Å². The standard InChI is InChI=1S/C55H59N8O9P/c1-36(2)63(37(3)4)73(70-33-17-32-56)72-47-45(34-69-55(40-22-15-10-16-23-40,41-24-28-43(66-5)29-25-41)42-26-30-44(67-6)31-27-42)71-53(48(47)68-7)62-35-57-46-49(58-51(64)38-18-11-8-12-19-38)59-54(60-50(46)62)61-52(65)39-20-13-9-14-21-39/h8-16,18-31,35-37,45,47-48,53H,17,33-34H2,1-7H3,(H2,58,59,60,61,64,65)/t45-,47-,48-,53-,73?/m1/s1. The van der Waals surface area contributed by atoms with Gasteiger partial charge >= 0.3 is 0 Å². The molecule has 1 fully saturated rings. The molecule has 5 atom stereocenters. The summed E-state index contributed by atoms with van der Waals surface area (Å²) >= 11 is 0. The van der Waals surface area contributed by atoms with Crippen LogP contribution in [0.25, 0.3) is 11.2 Å². The zero-order chi connectivity index (χ0) is 51.5. The van der Waals surface area contributed by atoms with Crippen LogP contribution in [0.3, 0.4) is 0 Å². The van der Waals surface area contributed by atoms with E-state index in [0.717, 1.165) is 16.7 Å². The van der Waals surface area contributed by atoms with E-state index in [-0.39, 0.29) is 54.6 Å². The minimum absolute atomic E-state index is 0.0267. The Hall–Kier alpha value is -7.13. The lowest BCUT2D eigenvalue weighted by Crippen LogP contribution is -2.42. The first-order valence-electron chi connectivity index (χ1n) is 23.9. The third-order valence-corrected chi connectivity index (χ3v) is 14.4. The number of carbonyl (C=O) groups is 2. The highest BCUT2D eigenvalue weighted by molar-refractivity contribution is 7.44. The van der Waals surface area contributed by atoms with Gasteiger partial charge in [0.2, 0.25) is 5.95 Å². The number of hydrogen-bond donors (Lipinski definition) is 2. The van der Waals surface area contributed by atoms with Crippen molar-refractivity contribution in [1.29, 1.82) is 5.26 Å². The number of rotatable bonds is 22. The van der Waals surface area contributed by atoms with Gasteiger partial charge in [0.15, 0.2) is 23.2 Å². The van der Waals surface area contributed by atoms with Gasteiger partial charge in [-0.1, -0.05) is 91.0 Å². The number of ether oxygens (including phenoxy) is 5. The predicted molar refractivity (Wildman–Crippen MR) is 277 cm³/mol. The number of nitrogens with zero attached hydrogens (tertiary/aromatic N) is 6. The van der Waals surface area contributed by atoms with Crippen LogP contribution in [0.1, 0.15) is 77.8 Å². The van der Waals surface area contributed by atoms with E-state index in [2.05, 4.69) is 54.1 Å². The second kappa shape index (κ2) is 24.1. The molecule has 0 spiro atoms. The van der Waals surface area contributed by atoms with Crippen LogP contribution in [0.5, 0.6) is 11.5 Å². The molecular formula is C55H59N8O9P. The molecule has 2 N–H and O–H groups in total. The Bertz CT molecular complexity index is 2900. The Labute approximate surface area is 426 Å². The molecule has 1 saturated heterocycles. The molecule has 8 rings (SSSR count). The van der Waals surface area contributed by atoms with Gasteiger partial charge in [-0.3, -0.25) is 19.5 Å². The van der Waals surface area contributed by atoms with Gasteiger partial charge < -0.3 is 38.0 Å². The number of imidazole rings is 1. The zero-order valence-electron chi connectivity index (χ0n) is 41.7. The number of carbonyl (C=O) groups excluding carboxylic acids is 2. The summed E-state index contributed by atoms with van der Waals surface area (Å²) in [5.74, 6) is 0.371. The average molecular weight is 1010 g/mol. The summed E-state index contributed by atoms with van der Waals surface area (Å²) < 4.78 is 49.8. The van der Waals surface area contributed by atoms with Crippen LogP contribution in [-0.2, 0) is 28.9 Å². The number of amides is 2. The summed E-state index contributed by atoms with van der Waals surface area (Å²) in [6, 6.07) is 44.9. The zero-order valence-corrected chi connectivity index (χ0v) is 42.6. The topological polar surface area (TPSA) is 193 Å². The van der Waals surface area contributed by atoms with E-state index in [1.165, 1.54) is 6.33 Å². The van der Waals surface area contributed by atoms with Crippen molar-refractivity contribution in [2.45, 2.75) is 76.3 Å². The number of nitrogens with one attached hydrogen (secondary N) is 2. The molecule has 0 aliphatic carbocycles. The molecule has 17 nitrogen and oxygen atoms in total. The molecule has 0 radical (unpaired) electrons. The predicted octanol–water partition coefficient (Wildman–Crippen LogP) is 9.93. The molecule has 0 bridgehead atoms. The van der Waals surface area contributed by atoms with Crippen molar-refractivity contribution >= 4 is 43.3 Å². The first-order valence-corrected chi connectivity index (χ1v) is 25.0. The normalized spacial score (nSPS) is 17.2. The highest BCUT2D eigenvalue weighted by Crippen LogP contribution is 2.51. The largest absolute Gasteiger partial charge is 0.497 e. The first kappa shape index (κ1) is 52.2. The molecule has 1 aliphatic rings. The third-order valence-electron chi connectivity index (χ3n) is 12.3. The Kier molecular flexibility index (Phi) is 17.2. The maximum atomic E-state index is 13.7. The second-order valence-corrected chi connectivity index (χ2v) is 19.0. The molecule has 7 aromatic rings. The van der Waals surface area contributed by atoms with Crippen molar-refractivity contribution in [3.8, 4) is 17.6 Å². The van der Waals surface area contributed by atoms with Gasteiger partial charge in [0, 0.05) is 30.3 Å². The fraction of sp³-hybridized carbons (Fsp3) is 0.309. The van der Waals surface area contributed by atoms with E-state index < -0.39 is 50.5 Å². The second-order valence-electron chi connectivity index (χ2n) is 17.6. The Morgan fingerprint density at radius 1 is 0.740 bits per heavy atom. The van der Waals surface area contributed by atoms with Crippen molar-refractivity contribution in [3.05, 3.63) is 174 Å². The van der Waals surface area contributed by atoms with Crippen molar-refractivity contribution in [3.63, 3.8) is 0 Å². The minimum atomic E-state index is -1.86. The quantitative estimate of drug-likeness (QED) is 0.0370. The fourth-order valence-electron chi connectivity index (χ4n) is 8.90. The summed E-state index contributed by atoms with van der Waals surface area (Å²) in [6.07, 6.45) is -1.99. The smallest absolute Gasteiger partial charge is 0.259 e. The average Bonchev–Trinajstić information content (AvgIpc) is 4.00. The molecule has 1 unspecified atom stereocenters. The molecule has 73 heavy (non-hydrogen) atoms. The maximum Gasteiger partial charge on any atom is 0.259 e. The van der Waals surface area contributed by atoms with Crippen molar-refractivity contribution in [1.82, 2.24) is 24.2 Å². The SMILES string of the molecule is COc1ccc(C(OC[C@H]2O[C@@H](n3cnc4c(NC(=O)c5ccccc5)nc(NC(=O)c5ccccc5)nc43)[C@H](OC)[C@@H]2OP(OCCC#N)N(C(C)C)C(C)C)(c2ccccc2)c2ccc(OC)cc2)cc1. The van der Waals surface area contributed by atoms with Crippen LogP contribution < -0.4 is 20.1 Å². The van der Waals surface area contributed by atoms with Crippen LogP contribution in [0.15, 0.2) is 146 Å². The number of benzene rings is 5. The summed E-state index contributed by atoms with van der Waals surface area (Å²) in [7, 11) is 2.95. The number of hydrogen-bond acceptors (Lipinski definition) is 14. The van der Waals surface area contributed by atoms with Crippen LogP contribution in [-0.4, -0.2) is 101 Å². The number of nitriles is 1. The van der Waals surface area contributed by atoms with Crippen molar-refractivity contribution < 1.29 is 42.3 Å². The molecule has 0 saturated carbocycles. The van der Waals surface area contributed by atoms with E-state index in [9.17, 15) is 14.9 Å². The van der Waals surface area contributed by atoms with Crippen LogP contribution in [0.2, 0.25) is 0 Å². The van der Waals surface area contributed by atoms with Crippen molar-refractivity contribution in [2.24, 2.45) is 0 Å². The number of anilines is 2. The van der Waals surface area contributed by atoms with E-state index >= 15 is 0 Å². The summed E-state index contributed by atoms with van der Waals surface area (Å²) in [6.45, 7) is 8.30. The molecule has 2 amide bonds. The molecule has 378 valence electrons. The van der Waals surface area contributed by atoms with Gasteiger partial charge in [-0.25, -0.2) is 9.65 Å². The molecule has 18 heteroatoms. The third kappa shape index (κ3) is 11.6. The monoisotopic (exact) mass is 1010 g/mol. The Morgan fingerprint density at radius 3 is 1.79 bits per heavy atom. The summed E-state index contributed by atoms with van der Waals surface area (Å²) in [5, 5.41) is 15.3. The molecule has 3 heterocycles. The highest BCUT2D eigenvalue weighted by atomic mass is 31.2.